The molecule has 1 unspecified atom stereocenters. The molecule has 2 aromatic rings. The number of nitrogens with zero attached hydrogens (tertiary/aromatic N) is 2. The Balaban J connectivity index is 1.33. The molecule has 28 heavy (non-hydrogen) atoms. The number of fused-ring (bicyclic) bond motifs is 1. The second kappa shape index (κ2) is 8.34. The Morgan fingerprint density at radius 3 is 2.96 bits per heavy atom. The van der Waals surface area contributed by atoms with Crippen LogP contribution >= 0.6 is 11.3 Å². The number of para-hydroxylation sites is 1. The van der Waals surface area contributed by atoms with Gasteiger partial charge in [-0.05, 0) is 25.0 Å². The first-order valence-corrected chi connectivity index (χ1v) is 10.1. The van der Waals surface area contributed by atoms with Gasteiger partial charge in [0.15, 0.2) is 5.13 Å². The van der Waals surface area contributed by atoms with E-state index in [1.54, 1.807) is 12.1 Å². The van der Waals surface area contributed by atoms with Crippen LogP contribution in [0.2, 0.25) is 0 Å². The minimum atomic E-state index is -0.453. The van der Waals surface area contributed by atoms with Crippen molar-refractivity contribution in [2.45, 2.75) is 31.9 Å². The predicted octanol–water partition coefficient (Wildman–Crippen LogP) is 2.40. The first-order chi connectivity index (χ1) is 13.6. The molecule has 2 amide bonds. The number of halogens is 1. The Hall–Kier alpha value is -2.36. The number of hydrogen-bond acceptors (Lipinski definition) is 6. The summed E-state index contributed by atoms with van der Waals surface area (Å²) in [6.45, 7) is 2.05. The van der Waals surface area contributed by atoms with Crippen LogP contribution in [0.3, 0.4) is 0 Å². The van der Waals surface area contributed by atoms with Crippen molar-refractivity contribution in [3.05, 3.63) is 40.7 Å². The van der Waals surface area contributed by atoms with Crippen molar-refractivity contribution in [2.24, 2.45) is 0 Å². The molecule has 3 heterocycles. The van der Waals surface area contributed by atoms with Crippen molar-refractivity contribution < 1.29 is 18.7 Å². The van der Waals surface area contributed by atoms with Gasteiger partial charge in [0.05, 0.1) is 17.9 Å². The van der Waals surface area contributed by atoms with E-state index in [2.05, 4.69) is 15.6 Å². The fourth-order valence-corrected chi connectivity index (χ4v) is 4.42. The maximum absolute atomic E-state index is 13.7. The summed E-state index contributed by atoms with van der Waals surface area (Å²) >= 11 is 1.43. The van der Waals surface area contributed by atoms with Crippen LogP contribution < -0.4 is 10.6 Å². The SMILES string of the molecule is O=C(CN1CCc2nc(NC(=O)C3CCCO3)sc2C1)Nc1ccccc1F. The van der Waals surface area contributed by atoms with Crippen molar-refractivity contribution in [1.82, 2.24) is 9.88 Å². The van der Waals surface area contributed by atoms with Gasteiger partial charge >= 0.3 is 0 Å². The highest BCUT2D eigenvalue weighted by Crippen LogP contribution is 2.29. The number of carbonyl (C=O) groups is 2. The maximum Gasteiger partial charge on any atom is 0.255 e. The average molecular weight is 404 g/mol. The zero-order valence-electron chi connectivity index (χ0n) is 15.2. The van der Waals surface area contributed by atoms with Gasteiger partial charge in [-0.3, -0.25) is 19.8 Å². The Morgan fingerprint density at radius 1 is 1.32 bits per heavy atom. The lowest BCUT2D eigenvalue weighted by Gasteiger charge is -2.25. The Morgan fingerprint density at radius 2 is 2.18 bits per heavy atom. The van der Waals surface area contributed by atoms with Crippen molar-refractivity contribution >= 4 is 34.0 Å². The van der Waals surface area contributed by atoms with Crippen molar-refractivity contribution in [3.8, 4) is 0 Å². The molecule has 9 heteroatoms. The van der Waals surface area contributed by atoms with Gasteiger partial charge < -0.3 is 10.1 Å². The molecule has 7 nitrogen and oxygen atoms in total. The molecule has 0 spiro atoms. The fourth-order valence-electron chi connectivity index (χ4n) is 3.36. The zero-order chi connectivity index (χ0) is 19.5. The lowest BCUT2D eigenvalue weighted by Crippen LogP contribution is -2.36. The van der Waals surface area contributed by atoms with Crippen LogP contribution in [0.1, 0.15) is 23.4 Å². The standard InChI is InChI=1S/C19H21FN4O3S/c20-12-4-1-2-5-13(12)21-17(25)11-24-8-7-14-16(10-24)28-19(22-14)23-18(26)15-6-3-9-27-15/h1-2,4-5,15H,3,6-11H2,(H,21,25)(H,22,23,26). The fraction of sp³-hybridized carbons (Fsp3) is 0.421. The Labute approximate surface area is 165 Å². The first-order valence-electron chi connectivity index (χ1n) is 9.26. The molecule has 148 valence electrons. The molecule has 0 bridgehead atoms. The zero-order valence-corrected chi connectivity index (χ0v) is 16.1. The van der Waals surface area contributed by atoms with Crippen LogP contribution in [0.15, 0.2) is 24.3 Å². The molecule has 0 saturated carbocycles. The van der Waals surface area contributed by atoms with E-state index in [0.717, 1.165) is 23.4 Å². The van der Waals surface area contributed by atoms with Gasteiger partial charge in [0.25, 0.3) is 5.91 Å². The third-order valence-electron chi connectivity index (χ3n) is 4.78. The molecule has 1 saturated heterocycles. The first kappa shape index (κ1) is 19.0. The summed E-state index contributed by atoms with van der Waals surface area (Å²) in [5.41, 5.74) is 1.14. The molecule has 1 aromatic carbocycles. The molecule has 1 aromatic heterocycles. The summed E-state index contributed by atoms with van der Waals surface area (Å²) in [5.74, 6) is -0.861. The van der Waals surface area contributed by atoms with Gasteiger partial charge in [-0.1, -0.05) is 12.1 Å². The third kappa shape index (κ3) is 4.37. The number of benzene rings is 1. The molecular formula is C19H21FN4O3S. The van der Waals surface area contributed by atoms with E-state index in [-0.39, 0.29) is 30.2 Å². The van der Waals surface area contributed by atoms with Gasteiger partial charge in [-0.15, -0.1) is 11.3 Å². The number of nitrogens with one attached hydrogen (secondary N) is 2. The number of aromatic nitrogens is 1. The number of carbonyl (C=O) groups excluding carboxylic acids is 2. The molecule has 4 rings (SSSR count). The number of amides is 2. The Kier molecular flexibility index (Phi) is 5.65. The van der Waals surface area contributed by atoms with Crippen LogP contribution in [0.25, 0.3) is 0 Å². The number of ether oxygens (including phenoxy) is 1. The van der Waals surface area contributed by atoms with Crippen molar-refractivity contribution in [1.29, 1.82) is 0 Å². The number of anilines is 2. The highest BCUT2D eigenvalue weighted by atomic mass is 32.1. The van der Waals surface area contributed by atoms with Crippen LogP contribution in [0, 0.1) is 5.82 Å². The molecular weight excluding hydrogens is 383 g/mol. The summed E-state index contributed by atoms with van der Waals surface area (Å²) < 4.78 is 19.1. The van der Waals surface area contributed by atoms with E-state index >= 15 is 0 Å². The van der Waals surface area contributed by atoms with E-state index in [1.165, 1.54) is 23.5 Å². The van der Waals surface area contributed by atoms with Gasteiger partial charge in [0, 0.05) is 31.0 Å². The number of hydrogen-bond donors (Lipinski definition) is 2. The number of rotatable bonds is 5. The molecule has 1 fully saturated rings. The van der Waals surface area contributed by atoms with Crippen molar-refractivity contribution in [2.75, 3.05) is 30.3 Å². The van der Waals surface area contributed by atoms with Crippen LogP contribution in [-0.4, -0.2) is 47.5 Å². The summed E-state index contributed by atoms with van der Waals surface area (Å²) in [5, 5.41) is 6.02. The summed E-state index contributed by atoms with van der Waals surface area (Å²) in [4.78, 5) is 31.9. The summed E-state index contributed by atoms with van der Waals surface area (Å²) in [6, 6.07) is 6.10. The predicted molar refractivity (Wildman–Crippen MR) is 104 cm³/mol. The highest BCUT2D eigenvalue weighted by molar-refractivity contribution is 7.15. The second-order valence-corrected chi connectivity index (χ2v) is 7.95. The monoisotopic (exact) mass is 404 g/mol. The van der Waals surface area contributed by atoms with E-state index in [4.69, 9.17) is 4.74 Å². The molecule has 2 aliphatic rings. The highest BCUT2D eigenvalue weighted by Gasteiger charge is 2.26. The second-order valence-electron chi connectivity index (χ2n) is 6.87. The minimum absolute atomic E-state index is 0.148. The van der Waals surface area contributed by atoms with E-state index in [9.17, 15) is 14.0 Å². The van der Waals surface area contributed by atoms with E-state index in [1.807, 2.05) is 4.90 Å². The van der Waals surface area contributed by atoms with Gasteiger partial charge in [-0.2, -0.15) is 0 Å². The topological polar surface area (TPSA) is 83.6 Å². The smallest absolute Gasteiger partial charge is 0.255 e. The molecule has 2 N–H and O–H groups in total. The van der Waals surface area contributed by atoms with Gasteiger partial charge in [0.2, 0.25) is 5.91 Å². The minimum Gasteiger partial charge on any atom is -0.368 e. The molecule has 0 radical (unpaired) electrons. The van der Waals surface area contributed by atoms with E-state index < -0.39 is 5.82 Å². The lowest BCUT2D eigenvalue weighted by atomic mass is 10.2. The van der Waals surface area contributed by atoms with Gasteiger partial charge in [-0.25, -0.2) is 9.37 Å². The summed E-state index contributed by atoms with van der Waals surface area (Å²) in [7, 11) is 0. The molecule has 0 aliphatic carbocycles. The molecule has 2 aliphatic heterocycles. The number of thiazole rings is 1. The molecule has 1 atom stereocenters. The van der Waals surface area contributed by atoms with Gasteiger partial charge in [0.1, 0.15) is 11.9 Å². The average Bonchev–Trinajstić information content (AvgIpc) is 3.32. The van der Waals surface area contributed by atoms with Crippen LogP contribution in [0.5, 0.6) is 0 Å². The largest absolute Gasteiger partial charge is 0.368 e. The Bertz CT molecular complexity index is 882. The van der Waals surface area contributed by atoms with Crippen LogP contribution in [0.4, 0.5) is 15.2 Å². The lowest BCUT2D eigenvalue weighted by molar-refractivity contribution is -0.124. The van der Waals surface area contributed by atoms with Crippen LogP contribution in [-0.2, 0) is 27.3 Å². The van der Waals surface area contributed by atoms with E-state index in [0.29, 0.717) is 31.2 Å². The quantitative estimate of drug-likeness (QED) is 0.800. The summed E-state index contributed by atoms with van der Waals surface area (Å²) in [6.07, 6.45) is 1.95. The third-order valence-corrected chi connectivity index (χ3v) is 5.78. The van der Waals surface area contributed by atoms with Crippen molar-refractivity contribution in [3.63, 3.8) is 0 Å². The normalized spacial score (nSPS) is 19.2. The maximum atomic E-state index is 13.7.